The molecule has 3 atom stereocenters. The normalized spacial score (nSPS) is 21.5. The van der Waals surface area contributed by atoms with Gasteiger partial charge >= 0.3 is 24.3 Å². The molecule has 0 aromatic carbocycles. The minimum absolute atomic E-state index is 0.239. The Bertz CT molecular complexity index is 947. The summed E-state index contributed by atoms with van der Waals surface area (Å²) < 4.78 is 77.7. The van der Waals surface area contributed by atoms with Crippen molar-refractivity contribution in [2.24, 2.45) is 0 Å². The van der Waals surface area contributed by atoms with E-state index in [4.69, 9.17) is 29.3 Å². The van der Waals surface area contributed by atoms with Crippen molar-refractivity contribution < 1.29 is 55.6 Å². The van der Waals surface area contributed by atoms with Gasteiger partial charge in [0.2, 0.25) is 0 Å². The fraction of sp³-hybridized carbons (Fsp3) is 0.591. The topological polar surface area (TPSA) is 114 Å². The summed E-state index contributed by atoms with van der Waals surface area (Å²) in [5, 5.41) is 20.6. The second-order valence-electron chi connectivity index (χ2n) is 8.17. The monoisotopic (exact) mass is 575 g/mol. The maximum Gasteiger partial charge on any atom is 0.490 e. The Morgan fingerprint density at radius 1 is 1.11 bits per heavy atom. The van der Waals surface area contributed by atoms with Gasteiger partial charge in [-0.25, -0.2) is 9.59 Å². The largest absolute Gasteiger partial charge is 0.490 e. The van der Waals surface area contributed by atoms with Crippen molar-refractivity contribution in [2.45, 2.75) is 63.0 Å². The number of halogens is 6. The van der Waals surface area contributed by atoms with Crippen molar-refractivity contribution >= 4 is 23.3 Å². The maximum atomic E-state index is 10.6. The molecular formula is C22H27F6N3O6S. The number of hydrogen-bond acceptors (Lipinski definition) is 7. The first kappa shape index (κ1) is 31.5. The summed E-state index contributed by atoms with van der Waals surface area (Å²) in [7, 11) is 0. The summed E-state index contributed by atoms with van der Waals surface area (Å²) in [6, 6.07) is 6.84. The summed E-state index contributed by atoms with van der Waals surface area (Å²) in [6.07, 6.45) is -2.58. The van der Waals surface area contributed by atoms with Crippen LogP contribution >= 0.6 is 11.3 Å². The molecule has 0 spiro atoms. The van der Waals surface area contributed by atoms with Crippen LogP contribution < -0.4 is 0 Å². The van der Waals surface area contributed by atoms with Crippen LogP contribution in [0.25, 0.3) is 0 Å². The van der Waals surface area contributed by atoms with Gasteiger partial charge in [0, 0.05) is 49.6 Å². The second-order valence-corrected chi connectivity index (χ2v) is 9.20. The van der Waals surface area contributed by atoms with Gasteiger partial charge in [0.15, 0.2) is 0 Å². The Hall–Kier alpha value is -2.69. The van der Waals surface area contributed by atoms with E-state index in [9.17, 15) is 26.3 Å². The lowest BCUT2D eigenvalue weighted by Crippen LogP contribution is -2.51. The molecule has 16 heteroatoms. The van der Waals surface area contributed by atoms with E-state index in [1.807, 2.05) is 34.5 Å². The fourth-order valence-electron chi connectivity index (χ4n) is 3.86. The molecule has 1 aliphatic carbocycles. The number of aliphatic carboxylic acids is 2. The third-order valence-corrected chi connectivity index (χ3v) is 6.36. The minimum Gasteiger partial charge on any atom is -0.475 e. The zero-order valence-corrected chi connectivity index (χ0v) is 20.7. The van der Waals surface area contributed by atoms with Gasteiger partial charge in [0.25, 0.3) is 0 Å². The second kappa shape index (κ2) is 14.5. The van der Waals surface area contributed by atoms with Crippen molar-refractivity contribution in [1.82, 2.24) is 14.7 Å². The molecule has 1 aliphatic heterocycles. The number of alkyl halides is 6. The van der Waals surface area contributed by atoms with E-state index >= 15 is 0 Å². The molecule has 214 valence electrons. The first-order valence-electron chi connectivity index (χ1n) is 11.4. The zero-order valence-electron chi connectivity index (χ0n) is 19.9. The van der Waals surface area contributed by atoms with Gasteiger partial charge in [0.05, 0.1) is 18.8 Å². The third-order valence-electron chi connectivity index (χ3n) is 5.50. The highest BCUT2D eigenvalue weighted by atomic mass is 32.1. The number of hydrogen-bond donors (Lipinski definition) is 2. The highest BCUT2D eigenvalue weighted by molar-refractivity contribution is 7.09. The van der Waals surface area contributed by atoms with Crippen LogP contribution in [-0.4, -0.2) is 87.2 Å². The summed E-state index contributed by atoms with van der Waals surface area (Å²) in [5.41, 5.74) is 0. The molecule has 38 heavy (non-hydrogen) atoms. The smallest absolute Gasteiger partial charge is 0.475 e. The molecule has 3 heterocycles. The molecule has 2 aliphatic rings. The van der Waals surface area contributed by atoms with Crippen LogP contribution in [0.3, 0.4) is 0 Å². The van der Waals surface area contributed by atoms with Gasteiger partial charge in [-0.2, -0.15) is 31.4 Å². The third kappa shape index (κ3) is 10.6. The van der Waals surface area contributed by atoms with Crippen LogP contribution in [0.5, 0.6) is 0 Å². The van der Waals surface area contributed by atoms with Crippen LogP contribution in [0.15, 0.2) is 36.0 Å². The van der Waals surface area contributed by atoms with Crippen LogP contribution in [-0.2, 0) is 32.2 Å². The van der Waals surface area contributed by atoms with Crippen LogP contribution in [0.1, 0.15) is 24.1 Å². The summed E-state index contributed by atoms with van der Waals surface area (Å²) in [5.74, 6) is -5.51. The van der Waals surface area contributed by atoms with Crippen LogP contribution in [0.2, 0.25) is 0 Å². The molecule has 9 nitrogen and oxygen atoms in total. The molecular weight excluding hydrogens is 548 g/mol. The lowest BCUT2D eigenvalue weighted by atomic mass is 10.1. The first-order valence-corrected chi connectivity index (χ1v) is 12.2. The lowest BCUT2D eigenvalue weighted by Gasteiger charge is -2.38. The van der Waals surface area contributed by atoms with E-state index in [1.54, 1.807) is 0 Å². The molecule has 1 saturated carbocycles. The van der Waals surface area contributed by atoms with E-state index in [-0.39, 0.29) is 12.2 Å². The Morgan fingerprint density at radius 3 is 2.29 bits per heavy atom. The standard InChI is InChI=1S/C18H25N3O2S.2C2HF3O2/c1-4-15(24-13-1)14-20-10-12-23-18-16(20)5-6-17(18)22-11-3-9-21-8-2-7-19-21;2*3-2(4,5)1(6)7/h1-2,4,7-8,13,16-18H,3,5-6,9-12,14H2;2*(H,6,7)/t16-,17+,18+;;/m0../s1. The number of carboxylic acid groups (broad SMARTS) is 2. The molecule has 2 N–H and O–H groups in total. The number of carboxylic acids is 2. The average Bonchev–Trinajstić information content (AvgIpc) is 3.59. The SMILES string of the molecule is O=C(O)C(F)(F)F.O=C(O)C(F)(F)F.c1csc(CN2CCO[C@H]3[C@H](OCCCn4cccn4)CC[C@@H]32)c1. The Morgan fingerprint density at radius 2 is 1.76 bits per heavy atom. The molecule has 2 aromatic rings. The van der Waals surface area contributed by atoms with Crippen LogP contribution in [0, 0.1) is 0 Å². The molecule has 2 aromatic heterocycles. The molecule has 0 unspecified atom stereocenters. The van der Waals surface area contributed by atoms with Crippen molar-refractivity contribution in [3.8, 4) is 0 Å². The van der Waals surface area contributed by atoms with E-state index in [2.05, 4.69) is 27.5 Å². The van der Waals surface area contributed by atoms with Crippen molar-refractivity contribution in [3.05, 3.63) is 40.8 Å². The molecule has 0 radical (unpaired) electrons. The first-order chi connectivity index (χ1) is 17.8. The lowest BCUT2D eigenvalue weighted by molar-refractivity contribution is -0.193. The van der Waals surface area contributed by atoms with E-state index in [1.165, 1.54) is 11.3 Å². The summed E-state index contributed by atoms with van der Waals surface area (Å²) >= 11 is 1.85. The molecule has 4 rings (SSSR count). The number of thiophene rings is 1. The van der Waals surface area contributed by atoms with E-state index < -0.39 is 24.3 Å². The Kier molecular flexibility index (Phi) is 12.0. The highest BCUT2D eigenvalue weighted by Gasteiger charge is 2.43. The van der Waals surface area contributed by atoms with Gasteiger partial charge in [0.1, 0.15) is 0 Å². The number of fused-ring (bicyclic) bond motifs is 1. The van der Waals surface area contributed by atoms with E-state index in [0.29, 0.717) is 6.04 Å². The quantitative estimate of drug-likeness (QED) is 0.376. The summed E-state index contributed by atoms with van der Waals surface area (Å²) in [4.78, 5) is 21.8. The van der Waals surface area contributed by atoms with Crippen molar-refractivity contribution in [1.29, 1.82) is 0 Å². The molecule has 0 amide bonds. The van der Waals surface area contributed by atoms with Gasteiger partial charge in [-0.3, -0.25) is 9.58 Å². The number of aryl methyl sites for hydroxylation is 1. The van der Waals surface area contributed by atoms with Crippen molar-refractivity contribution in [2.75, 3.05) is 19.8 Å². The van der Waals surface area contributed by atoms with Gasteiger partial charge in [-0.05, 0) is 36.8 Å². The predicted octanol–water partition coefficient (Wildman–Crippen LogP) is 4.05. The van der Waals surface area contributed by atoms with Crippen LogP contribution in [0.4, 0.5) is 26.3 Å². The molecule has 0 bridgehead atoms. The summed E-state index contributed by atoms with van der Waals surface area (Å²) in [6.45, 7) is 4.60. The zero-order chi connectivity index (χ0) is 28.3. The average molecular weight is 576 g/mol. The fourth-order valence-corrected chi connectivity index (χ4v) is 4.59. The van der Waals surface area contributed by atoms with Gasteiger partial charge in [-0.1, -0.05) is 6.07 Å². The number of nitrogens with zero attached hydrogens (tertiary/aromatic N) is 3. The molecule has 2 fully saturated rings. The highest BCUT2D eigenvalue weighted by Crippen LogP contribution is 2.33. The minimum atomic E-state index is -5.08. The Labute approximate surface area is 217 Å². The molecule has 1 saturated heterocycles. The number of rotatable bonds is 7. The number of aromatic nitrogens is 2. The van der Waals surface area contributed by atoms with Crippen molar-refractivity contribution in [3.63, 3.8) is 0 Å². The van der Waals surface area contributed by atoms with Gasteiger partial charge in [-0.15, -0.1) is 11.3 Å². The van der Waals surface area contributed by atoms with Gasteiger partial charge < -0.3 is 19.7 Å². The maximum absolute atomic E-state index is 10.6. The number of morpholine rings is 1. The predicted molar refractivity (Wildman–Crippen MR) is 121 cm³/mol. The number of carbonyl (C=O) groups is 2. The van der Waals surface area contributed by atoms with E-state index in [0.717, 1.165) is 45.7 Å². The Balaban J connectivity index is 0.000000301. The number of ether oxygens (including phenoxy) is 2.